The number of rotatable bonds is 3. The number of nitrogens with zero attached hydrogens (tertiary/aromatic N) is 2. The molecule has 1 aliphatic heterocycles. The summed E-state index contributed by atoms with van der Waals surface area (Å²) in [6.45, 7) is 3.66. The third kappa shape index (κ3) is 3.49. The van der Waals surface area contributed by atoms with Crippen LogP contribution in [0.25, 0.3) is 6.08 Å². The quantitative estimate of drug-likeness (QED) is 0.466. The van der Waals surface area contributed by atoms with Crippen LogP contribution in [-0.2, 0) is 13.1 Å². The summed E-state index contributed by atoms with van der Waals surface area (Å²) in [5, 5.41) is 0. The average molecular weight is 395 g/mol. The number of pyridine rings is 1. The van der Waals surface area contributed by atoms with Gasteiger partial charge in [-0.15, -0.1) is 0 Å². The predicted octanol–water partition coefficient (Wildman–Crippen LogP) is 0.416. The highest BCUT2D eigenvalue weighted by Gasteiger charge is 2.23. The molecule has 0 radical (unpaired) electrons. The molecular formula is C21H19BrN2O. The van der Waals surface area contributed by atoms with Crippen molar-refractivity contribution in [3.05, 3.63) is 95.1 Å². The molecule has 0 spiro atoms. The van der Waals surface area contributed by atoms with Gasteiger partial charge < -0.3 is 21.5 Å². The van der Waals surface area contributed by atoms with Crippen LogP contribution in [0.5, 0.6) is 0 Å². The van der Waals surface area contributed by atoms with Crippen molar-refractivity contribution < 1.29 is 26.3 Å². The first-order valence-corrected chi connectivity index (χ1v) is 8.15. The number of hydrogen-bond donors (Lipinski definition) is 0. The Morgan fingerprint density at radius 1 is 1.08 bits per heavy atom. The van der Waals surface area contributed by atoms with Crippen molar-refractivity contribution in [2.45, 2.75) is 20.0 Å². The van der Waals surface area contributed by atoms with E-state index in [1.54, 1.807) is 0 Å². The van der Waals surface area contributed by atoms with E-state index in [-0.39, 0.29) is 22.8 Å². The van der Waals surface area contributed by atoms with Gasteiger partial charge in [-0.1, -0.05) is 24.3 Å². The molecule has 4 rings (SSSR count). The highest BCUT2D eigenvalue weighted by atomic mass is 79.9. The molecule has 0 unspecified atom stereocenters. The third-order valence-corrected chi connectivity index (χ3v) is 4.57. The lowest BCUT2D eigenvalue weighted by molar-refractivity contribution is -0.688. The molecule has 0 fully saturated rings. The Bertz CT molecular complexity index is 939. The lowest BCUT2D eigenvalue weighted by Gasteiger charge is -2.02. The van der Waals surface area contributed by atoms with Gasteiger partial charge in [0.05, 0.1) is 12.2 Å². The molecule has 126 valence electrons. The van der Waals surface area contributed by atoms with E-state index in [1.165, 1.54) is 11.1 Å². The zero-order valence-corrected chi connectivity index (χ0v) is 15.6. The highest BCUT2D eigenvalue weighted by Crippen LogP contribution is 2.22. The van der Waals surface area contributed by atoms with Gasteiger partial charge in [-0.05, 0) is 36.3 Å². The maximum Gasteiger partial charge on any atom is 0.207 e. The minimum Gasteiger partial charge on any atom is -1.00 e. The van der Waals surface area contributed by atoms with Crippen LogP contribution in [0.2, 0.25) is 0 Å². The minimum absolute atomic E-state index is 0. The van der Waals surface area contributed by atoms with Crippen LogP contribution < -0.4 is 21.5 Å². The third-order valence-electron chi connectivity index (χ3n) is 4.57. The summed E-state index contributed by atoms with van der Waals surface area (Å²) >= 11 is 0. The van der Waals surface area contributed by atoms with Gasteiger partial charge in [0.25, 0.3) is 0 Å². The molecule has 1 aromatic carbocycles. The van der Waals surface area contributed by atoms with Crippen LogP contribution in [0.4, 0.5) is 0 Å². The van der Waals surface area contributed by atoms with Gasteiger partial charge in [0.15, 0.2) is 18.9 Å². The van der Waals surface area contributed by atoms with E-state index in [4.69, 9.17) is 0 Å². The van der Waals surface area contributed by atoms with Crippen molar-refractivity contribution >= 4 is 11.9 Å². The van der Waals surface area contributed by atoms with E-state index in [9.17, 15) is 4.79 Å². The van der Waals surface area contributed by atoms with Gasteiger partial charge in [0, 0.05) is 29.5 Å². The summed E-state index contributed by atoms with van der Waals surface area (Å²) in [4.78, 5) is 12.3. The number of carbonyl (C=O) groups is 1. The fraction of sp³-hybridized carbons (Fsp3) is 0.143. The summed E-state index contributed by atoms with van der Waals surface area (Å²) in [6.07, 6.45) is 8.08. The molecule has 0 atom stereocenters. The van der Waals surface area contributed by atoms with Crippen LogP contribution >= 0.6 is 0 Å². The molecule has 3 nitrogen and oxygen atoms in total. The van der Waals surface area contributed by atoms with Gasteiger partial charge in [0.2, 0.25) is 5.78 Å². The van der Waals surface area contributed by atoms with E-state index >= 15 is 0 Å². The Balaban J connectivity index is 0.00000182. The first-order chi connectivity index (χ1) is 11.7. The number of Topliss-reactive ketones (excluding diaryl/α,β-unsaturated/α-hetero) is 1. The molecule has 1 aliphatic rings. The van der Waals surface area contributed by atoms with Gasteiger partial charge in [-0.2, -0.15) is 0 Å². The number of allylic oxidation sites excluding steroid dienone is 1. The van der Waals surface area contributed by atoms with E-state index in [1.807, 2.05) is 29.0 Å². The normalized spacial score (nSPS) is 14.4. The van der Waals surface area contributed by atoms with Crippen LogP contribution in [-0.4, -0.2) is 10.4 Å². The number of fused-ring (bicyclic) bond motifs is 1. The fourth-order valence-electron chi connectivity index (χ4n) is 3.14. The first kappa shape index (κ1) is 17.4. The summed E-state index contributed by atoms with van der Waals surface area (Å²) in [5.41, 5.74) is 5.31. The second-order valence-corrected chi connectivity index (χ2v) is 6.25. The molecule has 0 bridgehead atoms. The van der Waals surface area contributed by atoms with Crippen LogP contribution in [0.3, 0.4) is 0 Å². The zero-order chi connectivity index (χ0) is 16.5. The molecule has 0 saturated carbocycles. The summed E-state index contributed by atoms with van der Waals surface area (Å²) < 4.78 is 4.15. The molecule has 0 aliphatic carbocycles. The number of benzene rings is 1. The molecular weight excluding hydrogens is 376 g/mol. The SMILES string of the molecule is Cc1ccccc1C[n+]1ccc(C=C2Cn3cccc3C2=O)cc1.[Br-]. The number of hydrogen-bond acceptors (Lipinski definition) is 1. The van der Waals surface area contributed by atoms with Crippen molar-refractivity contribution in [3.63, 3.8) is 0 Å². The molecule has 25 heavy (non-hydrogen) atoms. The minimum atomic E-state index is 0. The molecule has 0 N–H and O–H groups in total. The molecule has 4 heteroatoms. The number of halogens is 1. The molecule has 0 saturated heterocycles. The molecule has 2 aromatic heterocycles. The summed E-state index contributed by atoms with van der Waals surface area (Å²) in [5.74, 6) is 0.136. The van der Waals surface area contributed by atoms with E-state index < -0.39 is 0 Å². The monoisotopic (exact) mass is 394 g/mol. The maximum absolute atomic E-state index is 12.3. The number of aromatic nitrogens is 2. The lowest BCUT2D eigenvalue weighted by atomic mass is 10.1. The standard InChI is InChI=1S/C21H19N2O.BrH/c1-16-5-2-3-6-18(16)14-22-11-8-17(9-12-22)13-19-15-23-10-4-7-20(23)21(19)24;/h2-13H,14-15H2,1H3;1H/q+1;/p-1. The summed E-state index contributed by atoms with van der Waals surface area (Å²) in [7, 11) is 0. The average Bonchev–Trinajstić information content (AvgIpc) is 3.15. The highest BCUT2D eigenvalue weighted by molar-refractivity contribution is 6.12. The Hall–Kier alpha value is -2.46. The van der Waals surface area contributed by atoms with Crippen LogP contribution in [0, 0.1) is 6.92 Å². The van der Waals surface area contributed by atoms with Gasteiger partial charge in [0.1, 0.15) is 0 Å². The fourth-order valence-corrected chi connectivity index (χ4v) is 3.14. The Labute approximate surface area is 158 Å². The van der Waals surface area contributed by atoms with Gasteiger partial charge in [-0.25, -0.2) is 4.57 Å². The Morgan fingerprint density at radius 3 is 2.56 bits per heavy atom. The predicted molar refractivity (Wildman–Crippen MR) is 93.7 cm³/mol. The van der Waals surface area contributed by atoms with E-state index in [2.05, 4.69) is 60.3 Å². The largest absolute Gasteiger partial charge is 1.00 e. The number of carbonyl (C=O) groups excluding carboxylic acids is 1. The van der Waals surface area contributed by atoms with Crippen molar-refractivity contribution in [1.29, 1.82) is 0 Å². The van der Waals surface area contributed by atoms with E-state index in [0.717, 1.165) is 23.4 Å². The van der Waals surface area contributed by atoms with Crippen molar-refractivity contribution in [3.8, 4) is 0 Å². The second-order valence-electron chi connectivity index (χ2n) is 6.25. The van der Waals surface area contributed by atoms with Crippen LogP contribution in [0.1, 0.15) is 27.2 Å². The van der Waals surface area contributed by atoms with Gasteiger partial charge in [-0.3, -0.25) is 4.79 Å². The lowest BCUT2D eigenvalue weighted by Crippen LogP contribution is -3.00. The Morgan fingerprint density at radius 2 is 1.84 bits per heavy atom. The number of ketones is 1. The second kappa shape index (κ2) is 7.19. The topological polar surface area (TPSA) is 25.9 Å². The Kier molecular flexibility index (Phi) is 5.00. The summed E-state index contributed by atoms with van der Waals surface area (Å²) in [6, 6.07) is 16.3. The van der Waals surface area contributed by atoms with Crippen molar-refractivity contribution in [2.75, 3.05) is 0 Å². The number of aryl methyl sites for hydroxylation is 1. The first-order valence-electron chi connectivity index (χ1n) is 8.15. The molecule has 0 amide bonds. The van der Waals surface area contributed by atoms with Crippen LogP contribution in [0.15, 0.2) is 72.7 Å². The zero-order valence-electron chi connectivity index (χ0n) is 14.0. The maximum atomic E-state index is 12.3. The van der Waals surface area contributed by atoms with E-state index in [0.29, 0.717) is 6.54 Å². The van der Waals surface area contributed by atoms with Crippen molar-refractivity contribution in [1.82, 2.24) is 4.57 Å². The van der Waals surface area contributed by atoms with Crippen molar-refractivity contribution in [2.24, 2.45) is 0 Å². The molecule has 3 heterocycles. The molecule has 3 aromatic rings. The smallest absolute Gasteiger partial charge is 0.207 e. The van der Waals surface area contributed by atoms with Gasteiger partial charge >= 0.3 is 0 Å².